The van der Waals surface area contributed by atoms with E-state index in [0.29, 0.717) is 12.1 Å². The van der Waals surface area contributed by atoms with E-state index in [0.717, 1.165) is 5.56 Å². The SMILES string of the molecule is C#CCN(Cc1ccc(C)cc1)C(=O)c1ccncc1. The van der Waals surface area contributed by atoms with Crippen molar-refractivity contribution in [3.8, 4) is 12.3 Å². The number of terminal acetylenes is 1. The Morgan fingerprint density at radius 3 is 2.45 bits per heavy atom. The molecule has 0 saturated carbocycles. The van der Waals surface area contributed by atoms with Gasteiger partial charge in [0.2, 0.25) is 0 Å². The number of carbonyl (C=O) groups is 1. The Morgan fingerprint density at radius 2 is 1.85 bits per heavy atom. The molecule has 100 valence electrons. The smallest absolute Gasteiger partial charge is 0.255 e. The first kappa shape index (κ1) is 13.8. The first-order valence-corrected chi connectivity index (χ1v) is 6.39. The van der Waals surface area contributed by atoms with Crippen molar-refractivity contribution in [3.63, 3.8) is 0 Å². The number of rotatable bonds is 4. The van der Waals surface area contributed by atoms with Crippen molar-refractivity contribution in [1.82, 2.24) is 9.88 Å². The number of aromatic nitrogens is 1. The van der Waals surface area contributed by atoms with Gasteiger partial charge in [-0.1, -0.05) is 35.7 Å². The molecule has 1 aromatic carbocycles. The molecule has 0 saturated heterocycles. The summed E-state index contributed by atoms with van der Waals surface area (Å²) in [5.41, 5.74) is 2.85. The third-order valence-corrected chi connectivity index (χ3v) is 2.99. The number of hydrogen-bond acceptors (Lipinski definition) is 2. The van der Waals surface area contributed by atoms with Crippen LogP contribution < -0.4 is 0 Å². The Kier molecular flexibility index (Phi) is 4.52. The van der Waals surface area contributed by atoms with E-state index in [-0.39, 0.29) is 12.5 Å². The lowest BCUT2D eigenvalue weighted by Gasteiger charge is -2.20. The predicted octanol–water partition coefficient (Wildman–Crippen LogP) is 2.67. The number of pyridine rings is 1. The summed E-state index contributed by atoms with van der Waals surface area (Å²) in [7, 11) is 0. The number of nitrogens with zero attached hydrogens (tertiary/aromatic N) is 2. The molecule has 0 spiro atoms. The third-order valence-electron chi connectivity index (χ3n) is 2.99. The normalized spacial score (nSPS) is 9.80. The zero-order valence-electron chi connectivity index (χ0n) is 11.4. The average Bonchev–Trinajstić information content (AvgIpc) is 2.49. The fourth-order valence-corrected chi connectivity index (χ4v) is 1.90. The van der Waals surface area contributed by atoms with Crippen LogP contribution in [0.2, 0.25) is 0 Å². The van der Waals surface area contributed by atoms with E-state index >= 15 is 0 Å². The Labute approximate surface area is 119 Å². The summed E-state index contributed by atoms with van der Waals surface area (Å²) in [5, 5.41) is 0. The molecule has 0 aliphatic carbocycles. The first-order valence-electron chi connectivity index (χ1n) is 6.39. The molecule has 3 heteroatoms. The minimum Gasteiger partial charge on any atom is -0.323 e. The lowest BCUT2D eigenvalue weighted by molar-refractivity contribution is 0.0765. The van der Waals surface area contributed by atoms with Crippen LogP contribution in [0.25, 0.3) is 0 Å². The minimum atomic E-state index is -0.0778. The van der Waals surface area contributed by atoms with E-state index in [2.05, 4.69) is 10.9 Å². The van der Waals surface area contributed by atoms with Gasteiger partial charge in [-0.15, -0.1) is 6.42 Å². The number of carbonyl (C=O) groups excluding carboxylic acids is 1. The van der Waals surface area contributed by atoms with Gasteiger partial charge < -0.3 is 4.90 Å². The standard InChI is InChI=1S/C17H16N2O/c1-3-12-19(13-15-6-4-14(2)5-7-15)17(20)16-8-10-18-11-9-16/h1,4-11H,12-13H2,2H3. The van der Waals surface area contributed by atoms with Crippen LogP contribution in [0.15, 0.2) is 48.8 Å². The van der Waals surface area contributed by atoms with Gasteiger partial charge in [0.1, 0.15) is 0 Å². The Hall–Kier alpha value is -2.60. The Balaban J connectivity index is 2.17. The summed E-state index contributed by atoms with van der Waals surface area (Å²) in [6.07, 6.45) is 8.58. The van der Waals surface area contributed by atoms with Gasteiger partial charge in [0, 0.05) is 24.5 Å². The highest BCUT2D eigenvalue weighted by molar-refractivity contribution is 5.94. The lowest BCUT2D eigenvalue weighted by Crippen LogP contribution is -2.30. The molecule has 0 radical (unpaired) electrons. The number of hydrogen-bond donors (Lipinski definition) is 0. The molecule has 0 fully saturated rings. The third kappa shape index (κ3) is 3.46. The molecule has 2 rings (SSSR count). The van der Waals surface area contributed by atoms with Gasteiger partial charge in [0.25, 0.3) is 5.91 Å². The molecular formula is C17H16N2O. The highest BCUT2D eigenvalue weighted by Crippen LogP contribution is 2.10. The Bertz CT molecular complexity index is 612. The molecule has 1 amide bonds. The predicted molar refractivity (Wildman–Crippen MR) is 79.0 cm³/mol. The van der Waals surface area contributed by atoms with Crippen molar-refractivity contribution in [2.75, 3.05) is 6.54 Å². The number of benzene rings is 1. The molecule has 3 nitrogen and oxygen atoms in total. The van der Waals surface area contributed by atoms with Crippen LogP contribution in [0.4, 0.5) is 0 Å². The second-order valence-corrected chi connectivity index (χ2v) is 4.59. The molecule has 0 atom stereocenters. The van der Waals surface area contributed by atoms with Crippen LogP contribution >= 0.6 is 0 Å². The quantitative estimate of drug-likeness (QED) is 0.795. The van der Waals surface area contributed by atoms with Gasteiger partial charge in [-0.3, -0.25) is 9.78 Å². The van der Waals surface area contributed by atoms with E-state index in [9.17, 15) is 4.79 Å². The summed E-state index contributed by atoms with van der Waals surface area (Å²) in [6.45, 7) is 2.83. The van der Waals surface area contributed by atoms with Gasteiger partial charge in [0.15, 0.2) is 0 Å². The molecule has 0 unspecified atom stereocenters. The summed E-state index contributed by atoms with van der Waals surface area (Å²) in [4.78, 5) is 18.0. The highest BCUT2D eigenvalue weighted by Gasteiger charge is 2.14. The van der Waals surface area contributed by atoms with Crippen molar-refractivity contribution in [2.24, 2.45) is 0 Å². The van der Waals surface area contributed by atoms with Crippen LogP contribution in [0.3, 0.4) is 0 Å². The second-order valence-electron chi connectivity index (χ2n) is 4.59. The maximum Gasteiger partial charge on any atom is 0.255 e. The average molecular weight is 264 g/mol. The van der Waals surface area contributed by atoms with E-state index in [1.807, 2.05) is 31.2 Å². The van der Waals surface area contributed by atoms with Crippen LogP contribution in [0.5, 0.6) is 0 Å². The second kappa shape index (κ2) is 6.53. The van der Waals surface area contributed by atoms with Crippen LogP contribution in [0, 0.1) is 19.3 Å². The van der Waals surface area contributed by atoms with Gasteiger partial charge in [-0.05, 0) is 24.6 Å². The van der Waals surface area contributed by atoms with Crippen LogP contribution in [-0.4, -0.2) is 22.3 Å². The molecule has 0 N–H and O–H groups in total. The molecule has 1 aromatic heterocycles. The molecule has 0 bridgehead atoms. The van der Waals surface area contributed by atoms with Crippen molar-refractivity contribution in [3.05, 3.63) is 65.5 Å². The molecule has 0 aliphatic rings. The summed E-state index contributed by atoms with van der Waals surface area (Å²) >= 11 is 0. The minimum absolute atomic E-state index is 0.0778. The van der Waals surface area contributed by atoms with E-state index in [1.54, 1.807) is 29.4 Å². The molecule has 2 aromatic rings. The van der Waals surface area contributed by atoms with E-state index in [1.165, 1.54) is 5.56 Å². The zero-order chi connectivity index (χ0) is 14.4. The van der Waals surface area contributed by atoms with Crippen LogP contribution in [-0.2, 0) is 6.54 Å². The summed E-state index contributed by atoms with van der Waals surface area (Å²) in [5.74, 6) is 2.46. The van der Waals surface area contributed by atoms with Crippen molar-refractivity contribution in [1.29, 1.82) is 0 Å². The zero-order valence-corrected chi connectivity index (χ0v) is 11.4. The molecule has 0 aliphatic heterocycles. The molecule has 1 heterocycles. The highest BCUT2D eigenvalue weighted by atomic mass is 16.2. The van der Waals surface area contributed by atoms with Gasteiger partial charge in [0.05, 0.1) is 6.54 Å². The summed E-state index contributed by atoms with van der Waals surface area (Å²) < 4.78 is 0. The number of amides is 1. The first-order chi connectivity index (χ1) is 9.70. The summed E-state index contributed by atoms with van der Waals surface area (Å²) in [6, 6.07) is 11.5. The van der Waals surface area contributed by atoms with Crippen molar-refractivity contribution >= 4 is 5.91 Å². The fraction of sp³-hybridized carbons (Fsp3) is 0.176. The molecular weight excluding hydrogens is 248 g/mol. The maximum atomic E-state index is 12.4. The monoisotopic (exact) mass is 264 g/mol. The lowest BCUT2D eigenvalue weighted by atomic mass is 10.1. The largest absolute Gasteiger partial charge is 0.323 e. The van der Waals surface area contributed by atoms with E-state index < -0.39 is 0 Å². The molecule has 20 heavy (non-hydrogen) atoms. The maximum absolute atomic E-state index is 12.4. The van der Waals surface area contributed by atoms with Crippen LogP contribution in [0.1, 0.15) is 21.5 Å². The topological polar surface area (TPSA) is 33.2 Å². The van der Waals surface area contributed by atoms with Gasteiger partial charge in [-0.2, -0.15) is 0 Å². The van der Waals surface area contributed by atoms with Gasteiger partial charge >= 0.3 is 0 Å². The number of aryl methyl sites for hydroxylation is 1. The van der Waals surface area contributed by atoms with Crippen molar-refractivity contribution in [2.45, 2.75) is 13.5 Å². The van der Waals surface area contributed by atoms with E-state index in [4.69, 9.17) is 6.42 Å². The fourth-order valence-electron chi connectivity index (χ4n) is 1.90. The Morgan fingerprint density at radius 1 is 1.20 bits per heavy atom. The van der Waals surface area contributed by atoms with Gasteiger partial charge in [-0.25, -0.2) is 0 Å². The van der Waals surface area contributed by atoms with Crippen molar-refractivity contribution < 1.29 is 4.79 Å².